The van der Waals surface area contributed by atoms with Crippen molar-refractivity contribution in [1.82, 2.24) is 5.32 Å². The molecular formula is C55H101NO8. The van der Waals surface area contributed by atoms with E-state index in [-0.39, 0.29) is 12.5 Å². The molecule has 0 spiro atoms. The molecule has 7 atom stereocenters. The van der Waals surface area contributed by atoms with Crippen LogP contribution in [0.5, 0.6) is 0 Å². The van der Waals surface area contributed by atoms with Gasteiger partial charge in [0.2, 0.25) is 5.91 Å². The molecule has 6 N–H and O–H groups in total. The van der Waals surface area contributed by atoms with Gasteiger partial charge in [-0.1, -0.05) is 229 Å². The minimum atomic E-state index is -1.55. The van der Waals surface area contributed by atoms with E-state index in [1.807, 2.05) is 0 Å². The molecule has 1 heterocycles. The third-order valence-electron chi connectivity index (χ3n) is 12.7. The van der Waals surface area contributed by atoms with Crippen LogP contribution in [0.1, 0.15) is 239 Å². The minimum absolute atomic E-state index is 0.137. The second-order valence-electron chi connectivity index (χ2n) is 18.6. The summed E-state index contributed by atoms with van der Waals surface area (Å²) in [5.74, 6) is -0.145. The van der Waals surface area contributed by atoms with Crippen LogP contribution in [-0.2, 0) is 14.3 Å². The Morgan fingerprint density at radius 1 is 0.547 bits per heavy atom. The van der Waals surface area contributed by atoms with Gasteiger partial charge in [-0.2, -0.15) is 0 Å². The number of rotatable bonds is 45. The number of unbranched alkanes of at least 4 members (excludes halogenated alkanes) is 27. The fourth-order valence-corrected chi connectivity index (χ4v) is 8.45. The maximum absolute atomic E-state index is 13.0. The molecule has 9 heteroatoms. The summed E-state index contributed by atoms with van der Waals surface area (Å²) in [7, 11) is 0. The fourth-order valence-electron chi connectivity index (χ4n) is 8.45. The number of nitrogens with one attached hydrogen (secondary N) is 1. The third kappa shape index (κ3) is 34.5. The molecule has 7 unspecified atom stereocenters. The zero-order chi connectivity index (χ0) is 46.6. The molecule has 0 aliphatic carbocycles. The first-order chi connectivity index (χ1) is 31.3. The predicted molar refractivity (Wildman–Crippen MR) is 267 cm³/mol. The number of aliphatic hydroxyl groups excluding tert-OH is 5. The quantitative estimate of drug-likeness (QED) is 0.0261. The topological polar surface area (TPSA) is 149 Å². The van der Waals surface area contributed by atoms with Gasteiger partial charge in [-0.3, -0.25) is 4.79 Å². The summed E-state index contributed by atoms with van der Waals surface area (Å²) >= 11 is 0. The molecule has 1 fully saturated rings. The number of amides is 1. The van der Waals surface area contributed by atoms with Gasteiger partial charge < -0.3 is 40.3 Å². The second kappa shape index (κ2) is 45.0. The van der Waals surface area contributed by atoms with Crippen molar-refractivity contribution in [3.63, 3.8) is 0 Å². The fraction of sp³-hybridized carbons (Fsp3) is 0.836. The van der Waals surface area contributed by atoms with Crippen LogP contribution >= 0.6 is 0 Å². The molecule has 0 aromatic carbocycles. The maximum atomic E-state index is 13.0. The van der Waals surface area contributed by atoms with Crippen LogP contribution in [0.3, 0.4) is 0 Å². The lowest BCUT2D eigenvalue weighted by molar-refractivity contribution is -0.302. The zero-order valence-electron chi connectivity index (χ0n) is 41.3. The van der Waals surface area contributed by atoms with Crippen molar-refractivity contribution in [3.8, 4) is 0 Å². The summed E-state index contributed by atoms with van der Waals surface area (Å²) in [5, 5.41) is 54.5. The van der Waals surface area contributed by atoms with Crippen molar-refractivity contribution >= 4 is 5.91 Å². The van der Waals surface area contributed by atoms with E-state index in [1.165, 1.54) is 148 Å². The number of ether oxygens (including phenoxy) is 2. The van der Waals surface area contributed by atoms with E-state index in [1.54, 1.807) is 0 Å². The molecule has 374 valence electrons. The summed E-state index contributed by atoms with van der Waals surface area (Å²) < 4.78 is 11.3. The van der Waals surface area contributed by atoms with Crippen molar-refractivity contribution in [1.29, 1.82) is 0 Å². The van der Waals surface area contributed by atoms with Crippen LogP contribution in [-0.4, -0.2) is 87.5 Å². The normalized spacial score (nSPS) is 20.4. The average Bonchev–Trinajstić information content (AvgIpc) is 3.29. The Kier molecular flexibility index (Phi) is 42.3. The van der Waals surface area contributed by atoms with E-state index < -0.39 is 49.5 Å². The van der Waals surface area contributed by atoms with Gasteiger partial charge in [0, 0.05) is 6.42 Å². The number of carbonyl (C=O) groups excluding carboxylic acids is 1. The summed E-state index contributed by atoms with van der Waals surface area (Å²) in [5.41, 5.74) is 0. The van der Waals surface area contributed by atoms with Gasteiger partial charge in [-0.05, 0) is 51.4 Å². The molecule has 9 nitrogen and oxygen atoms in total. The lowest BCUT2D eigenvalue weighted by atomic mass is 9.99. The lowest BCUT2D eigenvalue weighted by Crippen LogP contribution is -2.60. The molecule has 64 heavy (non-hydrogen) atoms. The van der Waals surface area contributed by atoms with E-state index in [4.69, 9.17) is 9.47 Å². The lowest BCUT2D eigenvalue weighted by Gasteiger charge is -2.40. The Morgan fingerprint density at radius 2 is 0.969 bits per heavy atom. The van der Waals surface area contributed by atoms with E-state index in [9.17, 15) is 30.3 Å². The van der Waals surface area contributed by atoms with E-state index in [2.05, 4.69) is 67.8 Å². The first-order valence-corrected chi connectivity index (χ1v) is 26.8. The van der Waals surface area contributed by atoms with Crippen molar-refractivity contribution in [3.05, 3.63) is 48.6 Å². The summed E-state index contributed by atoms with van der Waals surface area (Å²) in [4.78, 5) is 13.0. The van der Waals surface area contributed by atoms with Crippen molar-refractivity contribution < 1.29 is 39.8 Å². The highest BCUT2D eigenvalue weighted by molar-refractivity contribution is 5.76. The van der Waals surface area contributed by atoms with Crippen molar-refractivity contribution in [2.75, 3.05) is 13.2 Å². The monoisotopic (exact) mass is 904 g/mol. The van der Waals surface area contributed by atoms with Crippen LogP contribution in [0.2, 0.25) is 0 Å². The highest BCUT2D eigenvalue weighted by Crippen LogP contribution is 2.23. The Balaban J connectivity index is 2.19. The van der Waals surface area contributed by atoms with Crippen molar-refractivity contribution in [2.45, 2.75) is 281 Å². The first-order valence-electron chi connectivity index (χ1n) is 26.8. The van der Waals surface area contributed by atoms with Crippen LogP contribution in [0.15, 0.2) is 48.6 Å². The van der Waals surface area contributed by atoms with Gasteiger partial charge in [0.1, 0.15) is 24.4 Å². The number of aliphatic hydroxyl groups is 5. The minimum Gasteiger partial charge on any atom is -0.394 e. The first kappa shape index (κ1) is 60.2. The van der Waals surface area contributed by atoms with Crippen LogP contribution in [0.25, 0.3) is 0 Å². The maximum Gasteiger partial charge on any atom is 0.220 e. The standard InChI is InChI=1S/C55H101NO8/c1-3-5-7-9-11-13-15-17-19-20-21-22-23-24-25-26-27-28-29-30-31-33-35-37-39-41-43-45-51(59)56-48(47-63-55-54(62)53(61)52(60)50(46-57)64-55)49(58)44-42-40-38-36-34-32-18-16-14-12-10-8-6-4-2/h5,7,11,13,17,19,21-22,48-50,52-55,57-58,60-62H,3-4,6,8-10,12,14-16,18,20,23-47H2,1-2H3,(H,56,59)/b7-5-,13-11-,19-17-,22-21-. The van der Waals surface area contributed by atoms with Crippen LogP contribution in [0, 0.1) is 0 Å². The molecule has 0 saturated carbocycles. The van der Waals surface area contributed by atoms with Gasteiger partial charge in [0.15, 0.2) is 6.29 Å². The van der Waals surface area contributed by atoms with Crippen molar-refractivity contribution in [2.24, 2.45) is 0 Å². The molecule has 0 aromatic rings. The number of carbonyl (C=O) groups is 1. The molecule has 1 aliphatic heterocycles. The van der Waals surface area contributed by atoms with E-state index in [0.29, 0.717) is 12.8 Å². The SMILES string of the molecule is CC/C=C\C/C=C\C/C=C\C/C=C\CCCCCCCCCCCCCCCCC(=O)NC(COC1OC(CO)C(O)C(O)C1O)C(O)CCCCCCCCCCCCCCCC. The molecule has 1 aliphatic rings. The molecular weight excluding hydrogens is 803 g/mol. The van der Waals surface area contributed by atoms with Gasteiger partial charge in [0.05, 0.1) is 25.4 Å². The van der Waals surface area contributed by atoms with Gasteiger partial charge in [-0.15, -0.1) is 0 Å². The Labute approximate surface area is 393 Å². The van der Waals surface area contributed by atoms with E-state index >= 15 is 0 Å². The molecule has 0 aromatic heterocycles. The van der Waals surface area contributed by atoms with Crippen LogP contribution in [0.4, 0.5) is 0 Å². The molecule has 1 amide bonds. The zero-order valence-corrected chi connectivity index (χ0v) is 41.3. The third-order valence-corrected chi connectivity index (χ3v) is 12.7. The smallest absolute Gasteiger partial charge is 0.220 e. The van der Waals surface area contributed by atoms with Gasteiger partial charge in [-0.25, -0.2) is 0 Å². The van der Waals surface area contributed by atoms with Gasteiger partial charge >= 0.3 is 0 Å². The highest BCUT2D eigenvalue weighted by Gasteiger charge is 2.44. The summed E-state index contributed by atoms with van der Waals surface area (Å²) in [6, 6.07) is -0.719. The molecule has 1 saturated heterocycles. The van der Waals surface area contributed by atoms with Gasteiger partial charge in [0.25, 0.3) is 0 Å². The Hall–Kier alpha value is -1.85. The average molecular weight is 904 g/mol. The molecule has 0 bridgehead atoms. The number of allylic oxidation sites excluding steroid dienone is 8. The second-order valence-corrected chi connectivity index (χ2v) is 18.6. The molecule has 1 rings (SSSR count). The Bertz CT molecular complexity index is 1140. The van der Waals surface area contributed by atoms with E-state index in [0.717, 1.165) is 64.2 Å². The predicted octanol–water partition coefficient (Wildman–Crippen LogP) is 12.6. The summed E-state index contributed by atoms with van der Waals surface area (Å²) in [6.45, 7) is 3.73. The van der Waals surface area contributed by atoms with Crippen LogP contribution < -0.4 is 5.32 Å². The summed E-state index contributed by atoms with van der Waals surface area (Å²) in [6.07, 6.45) is 51.3. The number of hydrogen-bond acceptors (Lipinski definition) is 8. The largest absolute Gasteiger partial charge is 0.394 e. The highest BCUT2D eigenvalue weighted by atomic mass is 16.7. The molecule has 0 radical (unpaired) electrons. The Morgan fingerprint density at radius 3 is 1.44 bits per heavy atom. The number of hydrogen-bond donors (Lipinski definition) is 6.